The number of aldehydes is 1. The molecule has 0 radical (unpaired) electrons. The first kappa shape index (κ1) is 12.1. The number of carbonyl (C=O) groups is 2. The number of rotatable bonds is 3. The average Bonchev–Trinajstić information content (AvgIpc) is 3.13. The van der Waals surface area contributed by atoms with E-state index in [4.69, 9.17) is 0 Å². The Labute approximate surface area is 105 Å². The van der Waals surface area contributed by atoms with Crippen LogP contribution in [-0.2, 0) is 4.79 Å². The van der Waals surface area contributed by atoms with E-state index in [-0.39, 0.29) is 5.91 Å². The molecule has 90 valence electrons. The summed E-state index contributed by atoms with van der Waals surface area (Å²) in [7, 11) is 3.22. The Bertz CT molecular complexity index is 596. The molecule has 0 spiro atoms. The van der Waals surface area contributed by atoms with Gasteiger partial charge in [0.25, 0.3) is 5.91 Å². The first-order chi connectivity index (χ1) is 8.56. The van der Waals surface area contributed by atoms with Crippen LogP contribution in [0.5, 0.6) is 0 Å². The van der Waals surface area contributed by atoms with Gasteiger partial charge in [-0.05, 0) is 17.2 Å². The van der Waals surface area contributed by atoms with Gasteiger partial charge in [0.05, 0.1) is 6.07 Å². The number of nitriles is 1. The Morgan fingerprint density at radius 3 is 2.61 bits per heavy atom. The van der Waals surface area contributed by atoms with Gasteiger partial charge in [-0.25, -0.2) is 0 Å². The van der Waals surface area contributed by atoms with Gasteiger partial charge >= 0.3 is 0 Å². The van der Waals surface area contributed by atoms with Crippen molar-refractivity contribution in [2.45, 2.75) is 0 Å². The van der Waals surface area contributed by atoms with Gasteiger partial charge in [0, 0.05) is 19.7 Å². The number of nitrogens with zero attached hydrogens (tertiary/aromatic N) is 2. The largest absolute Gasteiger partial charge is 0.347 e. The average molecular weight is 240 g/mol. The maximum atomic E-state index is 12.0. The predicted octanol–water partition coefficient (Wildman–Crippen LogP) is 1.49. The Balaban J connectivity index is 2.39. The molecule has 0 saturated carbocycles. The maximum Gasteiger partial charge on any atom is 0.251 e. The molecule has 4 heteroatoms. The molecule has 0 aliphatic heterocycles. The Morgan fingerprint density at radius 2 is 2.06 bits per heavy atom. The zero-order valence-electron chi connectivity index (χ0n) is 10.2. The van der Waals surface area contributed by atoms with Gasteiger partial charge < -0.3 is 4.90 Å². The molecule has 4 nitrogen and oxygen atoms in total. The highest BCUT2D eigenvalue weighted by Crippen LogP contribution is 2.52. The highest BCUT2D eigenvalue weighted by molar-refractivity contribution is 6.12. The molecule has 1 aliphatic rings. The van der Waals surface area contributed by atoms with Gasteiger partial charge in [-0.15, -0.1) is 0 Å². The van der Waals surface area contributed by atoms with E-state index in [2.05, 4.69) is 0 Å². The smallest absolute Gasteiger partial charge is 0.251 e. The summed E-state index contributed by atoms with van der Waals surface area (Å²) in [5.74, 6) is -0.277. The fourth-order valence-electron chi connectivity index (χ4n) is 1.99. The lowest BCUT2D eigenvalue weighted by atomic mass is 9.94. The lowest BCUT2D eigenvalue weighted by molar-refractivity contribution is -0.131. The molecule has 1 atom stereocenters. The Morgan fingerprint density at radius 1 is 1.39 bits per heavy atom. The van der Waals surface area contributed by atoms with Crippen LogP contribution in [0.15, 0.2) is 30.3 Å². The first-order valence-corrected chi connectivity index (χ1v) is 5.47. The zero-order chi connectivity index (χ0) is 13.3. The van der Waals surface area contributed by atoms with Crippen LogP contribution in [0.2, 0.25) is 0 Å². The van der Waals surface area contributed by atoms with Crippen LogP contribution >= 0.6 is 0 Å². The molecule has 0 saturated heterocycles. The van der Waals surface area contributed by atoms with E-state index in [1.807, 2.05) is 6.07 Å². The molecule has 1 aromatic rings. The van der Waals surface area contributed by atoms with Gasteiger partial charge in [0.15, 0.2) is 11.7 Å². The minimum atomic E-state index is -1.19. The van der Waals surface area contributed by atoms with Gasteiger partial charge in [0.2, 0.25) is 0 Å². The molecule has 1 unspecified atom stereocenters. The van der Waals surface area contributed by atoms with Crippen LogP contribution in [0.1, 0.15) is 15.9 Å². The van der Waals surface area contributed by atoms with E-state index in [0.717, 1.165) is 6.29 Å². The summed E-state index contributed by atoms with van der Waals surface area (Å²) in [5.41, 5.74) is 0.575. The van der Waals surface area contributed by atoms with E-state index in [9.17, 15) is 14.9 Å². The molecule has 1 aromatic carbocycles. The molecule has 0 fully saturated rings. The fourth-order valence-corrected chi connectivity index (χ4v) is 1.99. The molecule has 0 aromatic heterocycles. The van der Waals surface area contributed by atoms with E-state index in [1.165, 1.54) is 4.90 Å². The second-order valence-corrected chi connectivity index (χ2v) is 4.38. The quantitative estimate of drug-likeness (QED) is 0.752. The van der Waals surface area contributed by atoms with Crippen LogP contribution in [0.3, 0.4) is 0 Å². The molecule has 1 amide bonds. The van der Waals surface area contributed by atoms with Crippen molar-refractivity contribution in [3.8, 4) is 6.07 Å². The van der Waals surface area contributed by atoms with E-state index in [1.54, 1.807) is 44.4 Å². The summed E-state index contributed by atoms with van der Waals surface area (Å²) >= 11 is 0. The van der Waals surface area contributed by atoms with Crippen LogP contribution in [0.4, 0.5) is 0 Å². The standard InChI is InChI=1S/C14H12N2O2/c1-16(2)13(18)14(9-15)7-12(14)11-6-4-3-5-10(11)8-17/h3-8H,1-2H3. The highest BCUT2D eigenvalue weighted by atomic mass is 16.2. The van der Waals surface area contributed by atoms with Gasteiger partial charge in [-0.1, -0.05) is 24.3 Å². The zero-order valence-corrected chi connectivity index (χ0v) is 10.2. The third-order valence-electron chi connectivity index (χ3n) is 3.00. The van der Waals surface area contributed by atoms with Crippen molar-refractivity contribution in [2.75, 3.05) is 14.1 Å². The van der Waals surface area contributed by atoms with Crippen LogP contribution < -0.4 is 0 Å². The van der Waals surface area contributed by atoms with Crippen molar-refractivity contribution in [1.29, 1.82) is 5.26 Å². The predicted molar refractivity (Wildman–Crippen MR) is 66.5 cm³/mol. The Kier molecular flexibility index (Phi) is 2.76. The number of benzene rings is 1. The van der Waals surface area contributed by atoms with Gasteiger partial charge in [-0.3, -0.25) is 9.59 Å². The number of carbonyl (C=O) groups excluding carboxylic acids is 2. The summed E-state index contributed by atoms with van der Waals surface area (Å²) < 4.78 is 0. The van der Waals surface area contributed by atoms with E-state index >= 15 is 0 Å². The van der Waals surface area contributed by atoms with Crippen molar-refractivity contribution >= 4 is 17.8 Å². The lowest BCUT2D eigenvalue weighted by Crippen LogP contribution is -2.32. The lowest BCUT2D eigenvalue weighted by Gasteiger charge is -2.16. The monoisotopic (exact) mass is 240 g/mol. The summed E-state index contributed by atoms with van der Waals surface area (Å²) in [6, 6.07) is 8.98. The van der Waals surface area contributed by atoms with Crippen molar-refractivity contribution in [2.24, 2.45) is 5.41 Å². The second-order valence-electron chi connectivity index (χ2n) is 4.38. The molecule has 0 N–H and O–H groups in total. The summed E-state index contributed by atoms with van der Waals surface area (Å²) in [5, 5.41) is 9.23. The van der Waals surface area contributed by atoms with Gasteiger partial charge in [0.1, 0.15) is 0 Å². The Hall–Kier alpha value is -2.41. The summed E-state index contributed by atoms with van der Waals surface area (Å²) in [6.07, 6.45) is 2.34. The van der Waals surface area contributed by atoms with E-state index in [0.29, 0.717) is 16.7 Å². The van der Waals surface area contributed by atoms with Crippen molar-refractivity contribution in [1.82, 2.24) is 4.90 Å². The number of hydrogen-bond acceptors (Lipinski definition) is 3. The van der Waals surface area contributed by atoms with Crippen molar-refractivity contribution in [3.05, 3.63) is 41.5 Å². The molecule has 0 bridgehead atoms. The number of amides is 1. The molecule has 2 rings (SSSR count). The minimum absolute atomic E-state index is 0.277. The van der Waals surface area contributed by atoms with E-state index < -0.39 is 5.41 Å². The SMILES string of the molecule is CN(C)C(=O)C1(C#N)C=C1c1ccccc1C=O. The highest BCUT2D eigenvalue weighted by Gasteiger charge is 2.53. The minimum Gasteiger partial charge on any atom is -0.347 e. The van der Waals surface area contributed by atoms with Crippen LogP contribution in [-0.4, -0.2) is 31.2 Å². The molecular weight excluding hydrogens is 228 g/mol. The first-order valence-electron chi connectivity index (χ1n) is 5.47. The fraction of sp³-hybridized carbons (Fsp3) is 0.214. The molecule has 18 heavy (non-hydrogen) atoms. The third kappa shape index (κ3) is 1.61. The van der Waals surface area contributed by atoms with Crippen molar-refractivity contribution < 1.29 is 9.59 Å². The third-order valence-corrected chi connectivity index (χ3v) is 3.00. The summed E-state index contributed by atoms with van der Waals surface area (Å²) in [6.45, 7) is 0. The molecule has 0 heterocycles. The molecular formula is C14H12N2O2. The summed E-state index contributed by atoms with van der Waals surface area (Å²) in [4.78, 5) is 24.3. The van der Waals surface area contributed by atoms with Crippen molar-refractivity contribution in [3.63, 3.8) is 0 Å². The molecule has 1 aliphatic carbocycles. The normalized spacial score (nSPS) is 20.6. The number of hydrogen-bond donors (Lipinski definition) is 0. The second kappa shape index (κ2) is 4.11. The maximum absolute atomic E-state index is 12.0. The van der Waals surface area contributed by atoms with Crippen LogP contribution in [0, 0.1) is 16.7 Å². The van der Waals surface area contributed by atoms with Gasteiger partial charge in [-0.2, -0.15) is 5.26 Å². The topological polar surface area (TPSA) is 61.2 Å². The van der Waals surface area contributed by atoms with Crippen LogP contribution in [0.25, 0.3) is 5.57 Å².